The fraction of sp³-hybridized carbons (Fsp3) is 0.571. The highest BCUT2D eigenvalue weighted by Gasteiger charge is 2.40. The van der Waals surface area contributed by atoms with E-state index in [4.69, 9.17) is 0 Å². The largest absolute Gasteiger partial charge is 0.390 e. The highest BCUT2D eigenvalue weighted by atomic mass is 32.1. The van der Waals surface area contributed by atoms with E-state index in [1.807, 2.05) is 6.20 Å². The predicted molar refractivity (Wildman–Crippen MR) is 40.0 cm³/mol. The molecule has 1 saturated carbocycles. The summed E-state index contributed by atoms with van der Waals surface area (Å²) in [5.41, 5.74) is 1.45. The van der Waals surface area contributed by atoms with Gasteiger partial charge in [0.2, 0.25) is 0 Å². The summed E-state index contributed by atoms with van der Waals surface area (Å²) in [4.78, 5) is 5.14. The molecule has 0 aliphatic heterocycles. The molecule has 1 aromatic heterocycles. The quantitative estimate of drug-likeness (QED) is 0.696. The minimum Gasteiger partial charge on any atom is -0.390 e. The van der Waals surface area contributed by atoms with Crippen molar-refractivity contribution in [1.29, 1.82) is 0 Å². The number of hydrogen-bond acceptors (Lipinski definition) is 3. The van der Waals surface area contributed by atoms with Crippen LogP contribution in [0.25, 0.3) is 0 Å². The lowest BCUT2D eigenvalue weighted by Gasteiger charge is -2.02. The first kappa shape index (κ1) is 6.31. The second-order valence-electron chi connectivity index (χ2n) is 2.87. The summed E-state index contributed by atoms with van der Waals surface area (Å²) < 4.78 is 0. The molecule has 10 heavy (non-hydrogen) atoms. The zero-order chi connectivity index (χ0) is 7.03. The zero-order valence-corrected chi connectivity index (χ0v) is 6.40. The molecule has 0 saturated heterocycles. The molecule has 0 atom stereocenters. The second-order valence-corrected chi connectivity index (χ2v) is 3.84. The van der Waals surface area contributed by atoms with Crippen molar-refractivity contribution < 1.29 is 5.11 Å². The van der Waals surface area contributed by atoms with Crippen LogP contribution in [0.15, 0.2) is 11.7 Å². The molecule has 0 aromatic carbocycles. The third kappa shape index (κ3) is 1.20. The van der Waals surface area contributed by atoms with Gasteiger partial charge in [-0.1, -0.05) is 0 Å². The van der Waals surface area contributed by atoms with Gasteiger partial charge in [0.25, 0.3) is 0 Å². The Balaban J connectivity index is 2.04. The standard InChI is InChI=1S/C7H9NOS/c9-7(1-2-7)3-6-4-8-5-10-6/h4-5,9H,1-3H2. The average Bonchev–Trinajstić information content (AvgIpc) is 2.47. The lowest BCUT2D eigenvalue weighted by Crippen LogP contribution is -2.09. The topological polar surface area (TPSA) is 33.1 Å². The molecular formula is C7H9NOS. The Labute approximate surface area is 63.5 Å². The number of aliphatic hydroxyl groups is 1. The molecule has 2 nitrogen and oxygen atoms in total. The molecule has 1 aliphatic carbocycles. The second kappa shape index (κ2) is 2.04. The maximum atomic E-state index is 9.48. The highest BCUT2D eigenvalue weighted by molar-refractivity contribution is 7.09. The number of hydrogen-bond donors (Lipinski definition) is 1. The molecular weight excluding hydrogens is 146 g/mol. The fourth-order valence-electron chi connectivity index (χ4n) is 0.975. The lowest BCUT2D eigenvalue weighted by molar-refractivity contribution is 0.152. The lowest BCUT2D eigenvalue weighted by atomic mass is 10.2. The molecule has 1 heterocycles. The molecule has 1 fully saturated rings. The van der Waals surface area contributed by atoms with E-state index in [2.05, 4.69) is 4.98 Å². The summed E-state index contributed by atoms with van der Waals surface area (Å²) in [5.74, 6) is 0. The van der Waals surface area contributed by atoms with E-state index < -0.39 is 0 Å². The molecule has 0 spiro atoms. The Morgan fingerprint density at radius 1 is 1.70 bits per heavy atom. The van der Waals surface area contributed by atoms with Gasteiger partial charge in [-0.25, -0.2) is 0 Å². The number of rotatable bonds is 2. The SMILES string of the molecule is OC1(Cc2cncs2)CC1. The van der Waals surface area contributed by atoms with Gasteiger partial charge in [0, 0.05) is 17.5 Å². The van der Waals surface area contributed by atoms with Crippen molar-refractivity contribution in [2.24, 2.45) is 0 Å². The summed E-state index contributed by atoms with van der Waals surface area (Å²) in [6.45, 7) is 0. The van der Waals surface area contributed by atoms with Crippen LogP contribution >= 0.6 is 11.3 Å². The van der Waals surface area contributed by atoms with Crippen LogP contribution in [0.3, 0.4) is 0 Å². The average molecular weight is 155 g/mol. The maximum absolute atomic E-state index is 9.48. The van der Waals surface area contributed by atoms with Crippen LogP contribution in [0.1, 0.15) is 17.7 Å². The van der Waals surface area contributed by atoms with Gasteiger partial charge in [0.05, 0.1) is 11.1 Å². The Kier molecular flexibility index (Phi) is 1.28. The van der Waals surface area contributed by atoms with Crippen LogP contribution in [0, 0.1) is 0 Å². The summed E-state index contributed by atoms with van der Waals surface area (Å²) in [5, 5.41) is 9.48. The minimum atomic E-state index is -0.355. The summed E-state index contributed by atoms with van der Waals surface area (Å²) in [6.07, 6.45) is 4.56. The fourth-order valence-corrected chi connectivity index (χ4v) is 1.71. The highest BCUT2D eigenvalue weighted by Crippen LogP contribution is 2.38. The Morgan fingerprint density at radius 2 is 2.50 bits per heavy atom. The normalized spacial score (nSPS) is 20.9. The molecule has 1 aliphatic rings. The number of thiazole rings is 1. The van der Waals surface area contributed by atoms with Crippen molar-refractivity contribution in [1.82, 2.24) is 4.98 Å². The van der Waals surface area contributed by atoms with E-state index in [9.17, 15) is 5.11 Å². The van der Waals surface area contributed by atoms with Crippen molar-refractivity contribution >= 4 is 11.3 Å². The number of aromatic nitrogens is 1. The Hall–Kier alpha value is -0.410. The van der Waals surface area contributed by atoms with Crippen molar-refractivity contribution in [3.05, 3.63) is 16.6 Å². The Bertz CT molecular complexity index is 216. The smallest absolute Gasteiger partial charge is 0.0794 e. The van der Waals surface area contributed by atoms with Crippen LogP contribution in [-0.2, 0) is 6.42 Å². The zero-order valence-electron chi connectivity index (χ0n) is 5.58. The first-order chi connectivity index (χ1) is 4.79. The van der Waals surface area contributed by atoms with Gasteiger partial charge >= 0.3 is 0 Å². The third-order valence-electron chi connectivity index (χ3n) is 1.81. The first-order valence-electron chi connectivity index (χ1n) is 3.38. The molecule has 0 amide bonds. The molecule has 0 radical (unpaired) electrons. The molecule has 0 bridgehead atoms. The summed E-state index contributed by atoms with van der Waals surface area (Å²) in [6, 6.07) is 0. The minimum absolute atomic E-state index is 0.355. The number of nitrogens with zero attached hydrogens (tertiary/aromatic N) is 1. The van der Waals surface area contributed by atoms with Crippen molar-refractivity contribution in [2.75, 3.05) is 0 Å². The monoisotopic (exact) mass is 155 g/mol. The van der Waals surface area contributed by atoms with E-state index in [1.54, 1.807) is 16.8 Å². The third-order valence-corrected chi connectivity index (χ3v) is 2.59. The van der Waals surface area contributed by atoms with Crippen molar-refractivity contribution in [3.8, 4) is 0 Å². The van der Waals surface area contributed by atoms with Gasteiger partial charge in [-0.05, 0) is 12.8 Å². The van der Waals surface area contributed by atoms with Gasteiger partial charge in [0.1, 0.15) is 0 Å². The van der Waals surface area contributed by atoms with Gasteiger partial charge in [-0.2, -0.15) is 0 Å². The van der Waals surface area contributed by atoms with E-state index >= 15 is 0 Å². The van der Waals surface area contributed by atoms with Gasteiger partial charge in [0.15, 0.2) is 0 Å². The van der Waals surface area contributed by atoms with Gasteiger partial charge in [-0.15, -0.1) is 11.3 Å². The van der Waals surface area contributed by atoms with Gasteiger partial charge in [-0.3, -0.25) is 4.98 Å². The van der Waals surface area contributed by atoms with Crippen LogP contribution in [-0.4, -0.2) is 15.7 Å². The molecule has 2 rings (SSSR count). The van der Waals surface area contributed by atoms with Crippen molar-refractivity contribution in [3.63, 3.8) is 0 Å². The van der Waals surface area contributed by atoms with Gasteiger partial charge < -0.3 is 5.11 Å². The van der Waals surface area contributed by atoms with Crippen LogP contribution < -0.4 is 0 Å². The summed E-state index contributed by atoms with van der Waals surface area (Å²) in [7, 11) is 0. The van der Waals surface area contributed by atoms with Crippen LogP contribution in [0.4, 0.5) is 0 Å². The Morgan fingerprint density at radius 3 is 3.00 bits per heavy atom. The van der Waals surface area contributed by atoms with Crippen LogP contribution in [0.5, 0.6) is 0 Å². The van der Waals surface area contributed by atoms with Crippen molar-refractivity contribution in [2.45, 2.75) is 24.9 Å². The molecule has 54 valence electrons. The first-order valence-corrected chi connectivity index (χ1v) is 4.26. The summed E-state index contributed by atoms with van der Waals surface area (Å²) >= 11 is 1.62. The van der Waals surface area contributed by atoms with E-state index in [1.165, 1.54) is 4.88 Å². The van der Waals surface area contributed by atoms with E-state index in [0.717, 1.165) is 19.3 Å². The molecule has 3 heteroatoms. The van der Waals surface area contributed by atoms with Crippen LogP contribution in [0.2, 0.25) is 0 Å². The maximum Gasteiger partial charge on any atom is 0.0794 e. The van der Waals surface area contributed by atoms with E-state index in [0.29, 0.717) is 0 Å². The molecule has 1 aromatic rings. The molecule has 1 N–H and O–H groups in total. The van der Waals surface area contributed by atoms with E-state index in [-0.39, 0.29) is 5.60 Å². The predicted octanol–water partition coefficient (Wildman–Crippen LogP) is 1.21. The molecule has 0 unspecified atom stereocenters.